The van der Waals surface area contributed by atoms with E-state index in [1.807, 2.05) is 0 Å². The average Bonchev–Trinajstić information content (AvgIpc) is 2.27. The first-order valence-corrected chi connectivity index (χ1v) is 6.49. The molecule has 0 spiro atoms. The van der Waals surface area contributed by atoms with Crippen LogP contribution < -0.4 is 5.32 Å². The average molecular weight is 242 g/mol. The van der Waals surface area contributed by atoms with Gasteiger partial charge in [0.1, 0.15) is 5.54 Å². The molecule has 1 saturated carbocycles. The van der Waals surface area contributed by atoms with E-state index in [1.54, 1.807) is 0 Å². The molecular formula is C12H22N2O3. The van der Waals surface area contributed by atoms with Crippen LogP contribution in [0.15, 0.2) is 0 Å². The number of carboxylic acid groups (broad SMARTS) is 1. The number of nitrogens with one attached hydrogen (secondary N) is 1. The summed E-state index contributed by atoms with van der Waals surface area (Å²) >= 11 is 0. The summed E-state index contributed by atoms with van der Waals surface area (Å²) in [5.74, 6) is -0.716. The Morgan fingerprint density at radius 1 is 1.59 bits per heavy atom. The first-order valence-electron chi connectivity index (χ1n) is 6.49. The predicted molar refractivity (Wildman–Crippen MR) is 64.1 cm³/mol. The zero-order valence-electron chi connectivity index (χ0n) is 10.4. The number of hydrogen-bond donors (Lipinski definition) is 2. The molecule has 1 aliphatic carbocycles. The minimum Gasteiger partial charge on any atom is -0.480 e. The van der Waals surface area contributed by atoms with Gasteiger partial charge in [-0.1, -0.05) is 6.92 Å². The van der Waals surface area contributed by atoms with E-state index in [4.69, 9.17) is 4.74 Å². The van der Waals surface area contributed by atoms with Crippen LogP contribution in [0.3, 0.4) is 0 Å². The number of aliphatic carboxylic acids is 1. The van der Waals surface area contributed by atoms with Gasteiger partial charge in [0.2, 0.25) is 0 Å². The Hall–Kier alpha value is -0.650. The van der Waals surface area contributed by atoms with E-state index in [1.165, 1.54) is 0 Å². The van der Waals surface area contributed by atoms with Crippen molar-refractivity contribution >= 4 is 5.97 Å². The van der Waals surface area contributed by atoms with Crippen molar-refractivity contribution in [1.29, 1.82) is 0 Å². The van der Waals surface area contributed by atoms with E-state index in [2.05, 4.69) is 17.1 Å². The van der Waals surface area contributed by atoms with Crippen LogP contribution in [-0.4, -0.2) is 60.4 Å². The van der Waals surface area contributed by atoms with Gasteiger partial charge in [-0.25, -0.2) is 0 Å². The quantitative estimate of drug-likeness (QED) is 0.726. The Morgan fingerprint density at radius 3 is 2.88 bits per heavy atom. The molecule has 2 fully saturated rings. The van der Waals surface area contributed by atoms with Gasteiger partial charge in [-0.05, 0) is 25.8 Å². The topological polar surface area (TPSA) is 61.8 Å². The lowest BCUT2D eigenvalue weighted by atomic mass is 9.76. The van der Waals surface area contributed by atoms with Crippen LogP contribution in [0.5, 0.6) is 0 Å². The van der Waals surface area contributed by atoms with Crippen LogP contribution in [0.1, 0.15) is 26.2 Å². The third-order valence-electron chi connectivity index (χ3n) is 3.95. The molecule has 2 rings (SSSR count). The summed E-state index contributed by atoms with van der Waals surface area (Å²) in [7, 11) is 0. The molecule has 1 atom stereocenters. The first kappa shape index (κ1) is 12.8. The van der Waals surface area contributed by atoms with Crippen molar-refractivity contribution in [3.63, 3.8) is 0 Å². The lowest BCUT2D eigenvalue weighted by Crippen LogP contribution is -2.60. The Labute approximate surface area is 102 Å². The second-order valence-electron chi connectivity index (χ2n) is 5.01. The molecule has 0 amide bonds. The molecule has 0 aromatic rings. The molecule has 0 aromatic carbocycles. The fourth-order valence-electron chi connectivity index (χ4n) is 2.50. The number of ether oxygens (including phenoxy) is 1. The molecule has 0 radical (unpaired) electrons. The predicted octanol–water partition coefficient (Wildman–Crippen LogP) is 0.304. The second kappa shape index (κ2) is 5.33. The highest BCUT2D eigenvalue weighted by Gasteiger charge is 2.44. The van der Waals surface area contributed by atoms with E-state index in [0.717, 1.165) is 45.5 Å². The number of likely N-dealkylation sites (N-methyl/N-ethyl adjacent to an activating group) is 1. The van der Waals surface area contributed by atoms with E-state index in [0.29, 0.717) is 6.54 Å². The number of hydrogen-bond acceptors (Lipinski definition) is 4. The van der Waals surface area contributed by atoms with Crippen molar-refractivity contribution in [2.24, 2.45) is 0 Å². The van der Waals surface area contributed by atoms with Gasteiger partial charge in [0, 0.05) is 19.6 Å². The molecular weight excluding hydrogens is 220 g/mol. The normalized spacial score (nSPS) is 28.6. The molecule has 1 aliphatic heterocycles. The third kappa shape index (κ3) is 2.78. The third-order valence-corrected chi connectivity index (χ3v) is 3.95. The van der Waals surface area contributed by atoms with Gasteiger partial charge in [-0.2, -0.15) is 0 Å². The Bertz CT molecular complexity index is 279. The summed E-state index contributed by atoms with van der Waals surface area (Å²) in [6.07, 6.45) is 2.62. The molecule has 1 unspecified atom stereocenters. The van der Waals surface area contributed by atoms with Crippen LogP contribution in [0.25, 0.3) is 0 Å². The van der Waals surface area contributed by atoms with Gasteiger partial charge in [0.15, 0.2) is 0 Å². The van der Waals surface area contributed by atoms with Crippen LogP contribution >= 0.6 is 0 Å². The van der Waals surface area contributed by atoms with E-state index >= 15 is 0 Å². The van der Waals surface area contributed by atoms with Crippen LogP contribution in [0.2, 0.25) is 0 Å². The van der Waals surface area contributed by atoms with E-state index < -0.39 is 11.5 Å². The first-order chi connectivity index (χ1) is 8.16. The van der Waals surface area contributed by atoms with Gasteiger partial charge < -0.3 is 9.84 Å². The standard InChI is InChI=1S/C12H22N2O3/c1-2-14-6-7-17-10(9-14)8-13-12(11(15)16)4-3-5-12/h10,13H,2-9H2,1H3,(H,15,16). The fourth-order valence-corrected chi connectivity index (χ4v) is 2.50. The van der Waals surface area contributed by atoms with Crippen molar-refractivity contribution in [1.82, 2.24) is 10.2 Å². The maximum Gasteiger partial charge on any atom is 0.323 e. The van der Waals surface area contributed by atoms with Crippen LogP contribution in [0.4, 0.5) is 0 Å². The van der Waals surface area contributed by atoms with Crippen molar-refractivity contribution in [3.05, 3.63) is 0 Å². The number of carbonyl (C=O) groups is 1. The van der Waals surface area contributed by atoms with E-state index in [-0.39, 0.29) is 6.10 Å². The van der Waals surface area contributed by atoms with Crippen LogP contribution in [-0.2, 0) is 9.53 Å². The molecule has 17 heavy (non-hydrogen) atoms. The van der Waals surface area contributed by atoms with Crippen molar-refractivity contribution in [3.8, 4) is 0 Å². The summed E-state index contributed by atoms with van der Waals surface area (Å²) in [5.41, 5.74) is -0.669. The van der Waals surface area contributed by atoms with Crippen LogP contribution in [0, 0.1) is 0 Å². The number of carboxylic acids is 1. The van der Waals surface area contributed by atoms with Crippen molar-refractivity contribution in [2.75, 3.05) is 32.8 Å². The summed E-state index contributed by atoms with van der Waals surface area (Å²) in [5, 5.41) is 12.4. The molecule has 5 nitrogen and oxygen atoms in total. The molecule has 0 aromatic heterocycles. The smallest absolute Gasteiger partial charge is 0.323 e. The number of nitrogens with zero attached hydrogens (tertiary/aromatic N) is 1. The SMILES string of the molecule is CCN1CCOC(CNC2(C(=O)O)CCC2)C1. The maximum absolute atomic E-state index is 11.2. The number of morpholine rings is 1. The fraction of sp³-hybridized carbons (Fsp3) is 0.917. The van der Waals surface area contributed by atoms with Crippen molar-refractivity contribution in [2.45, 2.75) is 37.8 Å². The highest BCUT2D eigenvalue weighted by atomic mass is 16.5. The second-order valence-corrected chi connectivity index (χ2v) is 5.01. The molecule has 2 N–H and O–H groups in total. The van der Waals surface area contributed by atoms with Crippen molar-refractivity contribution < 1.29 is 14.6 Å². The zero-order chi connectivity index (χ0) is 12.3. The largest absolute Gasteiger partial charge is 0.480 e. The van der Waals surface area contributed by atoms with Gasteiger partial charge in [0.05, 0.1) is 12.7 Å². The molecule has 1 saturated heterocycles. The highest BCUT2D eigenvalue weighted by Crippen LogP contribution is 2.32. The molecule has 98 valence electrons. The summed E-state index contributed by atoms with van der Waals surface area (Å²) < 4.78 is 5.66. The number of rotatable bonds is 5. The maximum atomic E-state index is 11.2. The van der Waals surface area contributed by atoms with Gasteiger partial charge >= 0.3 is 5.97 Å². The van der Waals surface area contributed by atoms with E-state index in [9.17, 15) is 9.90 Å². The molecule has 2 aliphatic rings. The molecule has 5 heteroatoms. The monoisotopic (exact) mass is 242 g/mol. The lowest BCUT2D eigenvalue weighted by Gasteiger charge is -2.40. The molecule has 1 heterocycles. The Kier molecular flexibility index (Phi) is 4.01. The van der Waals surface area contributed by atoms with Gasteiger partial charge in [-0.3, -0.25) is 15.0 Å². The Morgan fingerprint density at radius 2 is 2.35 bits per heavy atom. The minimum absolute atomic E-state index is 0.125. The van der Waals surface area contributed by atoms with Gasteiger partial charge in [0.25, 0.3) is 0 Å². The zero-order valence-corrected chi connectivity index (χ0v) is 10.4. The summed E-state index contributed by atoms with van der Waals surface area (Å²) in [6, 6.07) is 0. The minimum atomic E-state index is -0.716. The summed E-state index contributed by atoms with van der Waals surface area (Å²) in [6.45, 7) is 6.45. The summed E-state index contributed by atoms with van der Waals surface area (Å²) in [4.78, 5) is 13.5. The molecule has 0 bridgehead atoms. The van der Waals surface area contributed by atoms with Gasteiger partial charge in [-0.15, -0.1) is 0 Å². The lowest BCUT2D eigenvalue weighted by molar-refractivity contribution is -0.149. The Balaban J connectivity index is 1.79. The highest BCUT2D eigenvalue weighted by molar-refractivity contribution is 5.79.